The van der Waals surface area contributed by atoms with Crippen LogP contribution in [0.3, 0.4) is 0 Å². The Balaban J connectivity index is 2.14. The molecule has 1 aliphatic rings. The molecule has 0 amide bonds. The molecule has 1 atom stereocenters. The highest BCUT2D eigenvalue weighted by Crippen LogP contribution is 2.21. The van der Waals surface area contributed by atoms with E-state index in [-0.39, 0.29) is 0 Å². The van der Waals surface area contributed by atoms with E-state index in [2.05, 4.69) is 18.7 Å². The minimum Gasteiger partial charge on any atom is -0.303 e. The van der Waals surface area contributed by atoms with E-state index in [1.807, 2.05) is 0 Å². The third kappa shape index (κ3) is 4.45. The Labute approximate surface area is 89.9 Å². The van der Waals surface area contributed by atoms with E-state index in [0.29, 0.717) is 0 Å². The van der Waals surface area contributed by atoms with Crippen molar-refractivity contribution in [3.05, 3.63) is 0 Å². The average Bonchev–Trinajstić information content (AvgIpc) is 2.24. The Morgan fingerprint density at radius 2 is 1.93 bits per heavy atom. The second-order valence-corrected chi connectivity index (χ2v) is 4.80. The van der Waals surface area contributed by atoms with Crippen molar-refractivity contribution in [2.24, 2.45) is 5.92 Å². The fourth-order valence-electron chi connectivity index (χ4n) is 2.46. The molecule has 1 rings (SSSR count). The second kappa shape index (κ2) is 7.28. The van der Waals surface area contributed by atoms with Crippen LogP contribution in [0.4, 0.5) is 0 Å². The largest absolute Gasteiger partial charge is 0.303 e. The molecule has 0 spiro atoms. The zero-order valence-electron chi connectivity index (χ0n) is 10.1. The molecule has 0 bridgehead atoms. The fraction of sp³-hybridized carbons (Fsp3) is 1.00. The molecule has 0 aliphatic carbocycles. The molecule has 0 aromatic heterocycles. The van der Waals surface area contributed by atoms with E-state index in [9.17, 15) is 0 Å². The van der Waals surface area contributed by atoms with Gasteiger partial charge in [0.25, 0.3) is 0 Å². The predicted molar refractivity (Wildman–Crippen MR) is 63.6 cm³/mol. The lowest BCUT2D eigenvalue weighted by atomic mass is 9.93. The summed E-state index contributed by atoms with van der Waals surface area (Å²) < 4.78 is 0. The molecule has 1 heterocycles. The van der Waals surface area contributed by atoms with Crippen LogP contribution in [0.15, 0.2) is 0 Å². The maximum atomic E-state index is 2.69. The van der Waals surface area contributed by atoms with Gasteiger partial charge in [-0.2, -0.15) is 0 Å². The zero-order valence-corrected chi connectivity index (χ0v) is 10.1. The summed E-state index contributed by atoms with van der Waals surface area (Å²) >= 11 is 0. The first-order chi connectivity index (χ1) is 6.86. The lowest BCUT2D eigenvalue weighted by molar-refractivity contribution is 0.165. The number of hydrogen-bond donors (Lipinski definition) is 0. The van der Waals surface area contributed by atoms with Crippen molar-refractivity contribution in [2.45, 2.75) is 58.8 Å². The van der Waals surface area contributed by atoms with Crippen LogP contribution in [0.2, 0.25) is 0 Å². The Hall–Kier alpha value is -0.0400. The summed E-state index contributed by atoms with van der Waals surface area (Å²) in [6.07, 6.45) is 9.94. The SMILES string of the molecule is CCCCC1CCCN(CCCC)C1. The number of rotatable bonds is 6. The van der Waals surface area contributed by atoms with E-state index in [1.165, 1.54) is 64.6 Å². The normalized spacial score (nSPS) is 24.0. The van der Waals surface area contributed by atoms with Crippen LogP contribution < -0.4 is 0 Å². The van der Waals surface area contributed by atoms with Gasteiger partial charge in [-0.3, -0.25) is 0 Å². The number of hydrogen-bond acceptors (Lipinski definition) is 1. The summed E-state index contributed by atoms with van der Waals surface area (Å²) in [5.74, 6) is 1.01. The molecular formula is C13H27N. The summed E-state index contributed by atoms with van der Waals surface area (Å²) in [6.45, 7) is 8.69. The van der Waals surface area contributed by atoms with E-state index in [0.717, 1.165) is 5.92 Å². The molecule has 1 fully saturated rings. The van der Waals surface area contributed by atoms with Gasteiger partial charge in [0.15, 0.2) is 0 Å². The Kier molecular flexibility index (Phi) is 6.25. The lowest BCUT2D eigenvalue weighted by Gasteiger charge is -2.32. The highest BCUT2D eigenvalue weighted by molar-refractivity contribution is 4.72. The molecular weight excluding hydrogens is 170 g/mol. The van der Waals surface area contributed by atoms with Crippen molar-refractivity contribution >= 4 is 0 Å². The van der Waals surface area contributed by atoms with Gasteiger partial charge in [-0.05, 0) is 44.7 Å². The van der Waals surface area contributed by atoms with Crippen LogP contribution >= 0.6 is 0 Å². The molecule has 14 heavy (non-hydrogen) atoms. The van der Waals surface area contributed by atoms with Gasteiger partial charge in [0, 0.05) is 6.54 Å². The number of nitrogens with zero attached hydrogens (tertiary/aromatic N) is 1. The van der Waals surface area contributed by atoms with Crippen LogP contribution in [-0.4, -0.2) is 24.5 Å². The van der Waals surface area contributed by atoms with Gasteiger partial charge in [0.1, 0.15) is 0 Å². The highest BCUT2D eigenvalue weighted by Gasteiger charge is 2.18. The van der Waals surface area contributed by atoms with Gasteiger partial charge in [-0.15, -0.1) is 0 Å². The van der Waals surface area contributed by atoms with Crippen LogP contribution in [0.1, 0.15) is 58.8 Å². The first-order valence-corrected chi connectivity index (χ1v) is 6.59. The number of unbranched alkanes of at least 4 members (excludes halogenated alkanes) is 2. The lowest BCUT2D eigenvalue weighted by Crippen LogP contribution is -2.35. The van der Waals surface area contributed by atoms with Gasteiger partial charge < -0.3 is 4.90 Å². The van der Waals surface area contributed by atoms with Crippen molar-refractivity contribution in [1.82, 2.24) is 4.90 Å². The smallest absolute Gasteiger partial charge is 0.000966 e. The molecule has 0 N–H and O–H groups in total. The molecule has 0 radical (unpaired) electrons. The van der Waals surface area contributed by atoms with E-state index < -0.39 is 0 Å². The van der Waals surface area contributed by atoms with Crippen LogP contribution in [0, 0.1) is 5.92 Å². The van der Waals surface area contributed by atoms with Gasteiger partial charge in [0.05, 0.1) is 0 Å². The maximum absolute atomic E-state index is 2.69. The van der Waals surface area contributed by atoms with Crippen LogP contribution in [0.25, 0.3) is 0 Å². The van der Waals surface area contributed by atoms with Gasteiger partial charge in [-0.1, -0.05) is 33.1 Å². The fourth-order valence-corrected chi connectivity index (χ4v) is 2.46. The molecule has 1 aliphatic heterocycles. The van der Waals surface area contributed by atoms with Crippen molar-refractivity contribution in [3.63, 3.8) is 0 Å². The summed E-state index contributed by atoms with van der Waals surface area (Å²) in [6, 6.07) is 0. The van der Waals surface area contributed by atoms with Crippen LogP contribution in [0.5, 0.6) is 0 Å². The molecule has 0 aromatic rings. The average molecular weight is 197 g/mol. The van der Waals surface area contributed by atoms with Crippen molar-refractivity contribution in [1.29, 1.82) is 0 Å². The maximum Gasteiger partial charge on any atom is 0.000966 e. The monoisotopic (exact) mass is 197 g/mol. The van der Waals surface area contributed by atoms with Crippen molar-refractivity contribution in [3.8, 4) is 0 Å². The van der Waals surface area contributed by atoms with Crippen molar-refractivity contribution < 1.29 is 0 Å². The molecule has 1 heteroatoms. The summed E-state index contributed by atoms with van der Waals surface area (Å²) in [5, 5.41) is 0. The van der Waals surface area contributed by atoms with E-state index >= 15 is 0 Å². The van der Waals surface area contributed by atoms with Crippen LogP contribution in [-0.2, 0) is 0 Å². The minimum atomic E-state index is 1.01. The highest BCUT2D eigenvalue weighted by atomic mass is 15.1. The van der Waals surface area contributed by atoms with E-state index in [1.54, 1.807) is 0 Å². The minimum absolute atomic E-state index is 1.01. The van der Waals surface area contributed by atoms with Gasteiger partial charge in [-0.25, -0.2) is 0 Å². The van der Waals surface area contributed by atoms with Gasteiger partial charge >= 0.3 is 0 Å². The standard InChI is InChI=1S/C13H27N/c1-3-5-8-13-9-7-11-14(12-13)10-6-4-2/h13H,3-12H2,1-2H3. The summed E-state index contributed by atoms with van der Waals surface area (Å²) in [7, 11) is 0. The third-order valence-corrected chi connectivity index (χ3v) is 3.40. The summed E-state index contributed by atoms with van der Waals surface area (Å²) in [5.41, 5.74) is 0. The summed E-state index contributed by atoms with van der Waals surface area (Å²) in [4.78, 5) is 2.69. The predicted octanol–water partition coefficient (Wildman–Crippen LogP) is 3.69. The number of piperidine rings is 1. The Morgan fingerprint density at radius 1 is 1.14 bits per heavy atom. The first-order valence-electron chi connectivity index (χ1n) is 6.59. The molecule has 1 saturated heterocycles. The quantitative estimate of drug-likeness (QED) is 0.628. The topological polar surface area (TPSA) is 3.24 Å². The second-order valence-electron chi connectivity index (χ2n) is 4.80. The van der Waals surface area contributed by atoms with Crippen molar-refractivity contribution in [2.75, 3.05) is 19.6 Å². The molecule has 0 saturated carbocycles. The van der Waals surface area contributed by atoms with Gasteiger partial charge in [0.2, 0.25) is 0 Å². The molecule has 0 aromatic carbocycles. The Bertz CT molecular complexity index is 119. The Morgan fingerprint density at radius 3 is 2.64 bits per heavy atom. The molecule has 84 valence electrons. The molecule has 1 nitrogen and oxygen atoms in total. The number of likely N-dealkylation sites (tertiary alicyclic amines) is 1. The van der Waals surface area contributed by atoms with E-state index in [4.69, 9.17) is 0 Å². The first kappa shape index (κ1) is 12.0. The molecule has 1 unspecified atom stereocenters. The zero-order chi connectivity index (χ0) is 10.2. The third-order valence-electron chi connectivity index (χ3n) is 3.40.